The van der Waals surface area contributed by atoms with Gasteiger partial charge in [0.25, 0.3) is 5.56 Å². The summed E-state index contributed by atoms with van der Waals surface area (Å²) in [4.78, 5) is 37.9. The van der Waals surface area contributed by atoms with E-state index in [-0.39, 0.29) is 35.5 Å². The largest absolute Gasteiger partial charge is 0.464 e. The summed E-state index contributed by atoms with van der Waals surface area (Å²) in [5.74, 6) is -0.616. The summed E-state index contributed by atoms with van der Waals surface area (Å²) in [6.45, 7) is 5.18. The molecule has 5 rings (SSSR count). The van der Waals surface area contributed by atoms with Crippen LogP contribution in [0.2, 0.25) is 0 Å². The highest BCUT2D eigenvalue weighted by Crippen LogP contribution is 2.27. The first-order valence-corrected chi connectivity index (χ1v) is 14.1. The molecule has 1 N–H and O–H groups in total. The Morgan fingerprint density at radius 2 is 1.90 bits per heavy atom. The van der Waals surface area contributed by atoms with Gasteiger partial charge in [0, 0.05) is 41.5 Å². The third-order valence-electron chi connectivity index (χ3n) is 6.49. The van der Waals surface area contributed by atoms with Gasteiger partial charge >= 0.3 is 12.1 Å². The van der Waals surface area contributed by atoms with Crippen molar-refractivity contribution in [1.29, 1.82) is 0 Å². The Labute approximate surface area is 230 Å². The lowest BCUT2D eigenvalue weighted by Crippen LogP contribution is -2.41. The SMILES string of the molecule is CC(C)(C)OC(=O)NC1CCN(S(=O)(=O)c2cccc3c(=O)n(COC(=O)c4ccc5occc5c4)ccc23)C1. The monoisotopic (exact) mass is 567 g/mol. The van der Waals surface area contributed by atoms with E-state index < -0.39 is 39.3 Å². The average molecular weight is 568 g/mol. The Kier molecular flexibility index (Phi) is 7.15. The van der Waals surface area contributed by atoms with Gasteiger partial charge in [-0.15, -0.1) is 0 Å². The molecule has 40 heavy (non-hydrogen) atoms. The van der Waals surface area contributed by atoms with E-state index in [0.717, 1.165) is 5.39 Å². The number of hydrogen-bond donors (Lipinski definition) is 1. The normalized spacial score (nSPS) is 16.3. The first-order valence-electron chi connectivity index (χ1n) is 12.7. The summed E-state index contributed by atoms with van der Waals surface area (Å²) in [5.41, 5.74) is -0.228. The van der Waals surface area contributed by atoms with Crippen molar-refractivity contribution >= 4 is 43.8 Å². The van der Waals surface area contributed by atoms with Gasteiger partial charge in [-0.05, 0) is 69.7 Å². The van der Waals surface area contributed by atoms with E-state index in [2.05, 4.69) is 5.32 Å². The summed E-state index contributed by atoms with van der Waals surface area (Å²) in [6, 6.07) is 12.2. The number of carbonyl (C=O) groups is 2. The van der Waals surface area contributed by atoms with E-state index in [4.69, 9.17) is 13.9 Å². The van der Waals surface area contributed by atoms with Gasteiger partial charge in [-0.1, -0.05) is 6.07 Å². The summed E-state index contributed by atoms with van der Waals surface area (Å²) >= 11 is 0. The molecule has 1 aliphatic heterocycles. The molecule has 4 aromatic rings. The van der Waals surface area contributed by atoms with Gasteiger partial charge in [-0.2, -0.15) is 4.31 Å². The Hall–Kier alpha value is -4.16. The van der Waals surface area contributed by atoms with Crippen LogP contribution in [0.25, 0.3) is 21.7 Å². The van der Waals surface area contributed by atoms with Gasteiger partial charge in [0.1, 0.15) is 11.2 Å². The molecule has 12 heteroatoms. The molecule has 0 radical (unpaired) electrons. The molecule has 11 nitrogen and oxygen atoms in total. The first kappa shape index (κ1) is 27.4. The number of alkyl carbamates (subject to hydrolysis) is 1. The predicted molar refractivity (Wildman–Crippen MR) is 146 cm³/mol. The fraction of sp³-hybridized carbons (Fsp3) is 0.321. The van der Waals surface area contributed by atoms with Gasteiger partial charge in [0.15, 0.2) is 6.73 Å². The smallest absolute Gasteiger partial charge is 0.407 e. The number of esters is 1. The van der Waals surface area contributed by atoms with E-state index in [1.165, 1.54) is 45.6 Å². The van der Waals surface area contributed by atoms with Crippen LogP contribution in [0.15, 0.2) is 75.1 Å². The highest BCUT2D eigenvalue weighted by molar-refractivity contribution is 7.89. The van der Waals surface area contributed by atoms with Crippen LogP contribution >= 0.6 is 0 Å². The minimum absolute atomic E-state index is 0.0161. The maximum absolute atomic E-state index is 13.5. The van der Waals surface area contributed by atoms with Crippen molar-refractivity contribution < 1.29 is 31.9 Å². The summed E-state index contributed by atoms with van der Waals surface area (Å²) < 4.78 is 45.5. The van der Waals surface area contributed by atoms with Crippen LogP contribution < -0.4 is 10.9 Å². The van der Waals surface area contributed by atoms with E-state index in [1.54, 1.807) is 45.0 Å². The highest BCUT2D eigenvalue weighted by Gasteiger charge is 2.35. The summed E-state index contributed by atoms with van der Waals surface area (Å²) in [7, 11) is -3.97. The average Bonchev–Trinajstić information content (AvgIpc) is 3.56. The minimum atomic E-state index is -3.97. The number of benzene rings is 2. The molecule has 2 aromatic carbocycles. The van der Waals surface area contributed by atoms with Crippen molar-refractivity contribution in [1.82, 2.24) is 14.2 Å². The van der Waals surface area contributed by atoms with Crippen LogP contribution in [0.4, 0.5) is 4.79 Å². The Morgan fingerprint density at radius 3 is 2.67 bits per heavy atom. The topological polar surface area (TPSA) is 137 Å². The number of aromatic nitrogens is 1. The molecule has 1 unspecified atom stereocenters. The third-order valence-corrected chi connectivity index (χ3v) is 8.41. The lowest BCUT2D eigenvalue weighted by molar-refractivity contribution is 0.0366. The number of hydrogen-bond acceptors (Lipinski definition) is 8. The molecule has 2 aromatic heterocycles. The van der Waals surface area contributed by atoms with Gasteiger partial charge < -0.3 is 19.2 Å². The Morgan fingerprint density at radius 1 is 1.10 bits per heavy atom. The molecule has 0 saturated carbocycles. The number of sulfonamides is 1. The Balaban J connectivity index is 1.32. The van der Waals surface area contributed by atoms with Gasteiger partial charge in [-0.25, -0.2) is 18.0 Å². The van der Waals surface area contributed by atoms with Crippen molar-refractivity contribution in [3.63, 3.8) is 0 Å². The molecule has 0 bridgehead atoms. The Bertz CT molecular complexity index is 1770. The molecule has 3 heterocycles. The molecular weight excluding hydrogens is 538 g/mol. The maximum Gasteiger partial charge on any atom is 0.407 e. The molecule has 1 atom stereocenters. The second kappa shape index (κ2) is 10.4. The number of pyridine rings is 1. The molecule has 210 valence electrons. The molecule has 0 spiro atoms. The first-order chi connectivity index (χ1) is 18.9. The number of carbonyl (C=O) groups excluding carboxylic acids is 2. The number of ether oxygens (including phenoxy) is 2. The lowest BCUT2D eigenvalue weighted by atomic mass is 10.2. The number of rotatable bonds is 6. The van der Waals surface area contributed by atoms with Crippen LogP contribution in [0.5, 0.6) is 0 Å². The highest BCUT2D eigenvalue weighted by atomic mass is 32.2. The fourth-order valence-electron chi connectivity index (χ4n) is 4.60. The van der Waals surface area contributed by atoms with Crippen molar-refractivity contribution in [3.05, 3.63) is 76.9 Å². The van der Waals surface area contributed by atoms with Crippen LogP contribution in [0, 0.1) is 0 Å². The quantitative estimate of drug-likeness (QED) is 0.347. The second-order valence-electron chi connectivity index (χ2n) is 10.5. The standard InChI is InChI=1S/C28H29N3O8S/c1-28(2,3)39-27(34)29-20-9-13-31(16-20)40(35,36)24-6-4-5-22-21(24)10-12-30(25(22)32)17-38-26(33)19-7-8-23-18(15-19)11-14-37-23/h4-8,10-12,14-15,20H,9,13,16-17H2,1-3H3,(H,29,34). The molecule has 0 aliphatic carbocycles. The number of nitrogens with zero attached hydrogens (tertiary/aromatic N) is 2. The molecule has 1 amide bonds. The molecular formula is C28H29N3O8S. The minimum Gasteiger partial charge on any atom is -0.464 e. The summed E-state index contributed by atoms with van der Waals surface area (Å²) in [6.07, 6.45) is 2.73. The predicted octanol–water partition coefficient (Wildman–Crippen LogP) is 3.85. The van der Waals surface area contributed by atoms with Gasteiger partial charge in [-0.3, -0.25) is 9.36 Å². The zero-order valence-electron chi connectivity index (χ0n) is 22.2. The van der Waals surface area contributed by atoms with E-state index in [9.17, 15) is 22.8 Å². The van der Waals surface area contributed by atoms with Crippen molar-refractivity contribution in [2.75, 3.05) is 13.1 Å². The summed E-state index contributed by atoms with van der Waals surface area (Å²) in [5, 5.41) is 3.89. The number of amides is 1. The van der Waals surface area contributed by atoms with Crippen LogP contribution in [-0.2, 0) is 26.2 Å². The van der Waals surface area contributed by atoms with Crippen LogP contribution in [0.3, 0.4) is 0 Å². The number of furan rings is 1. The van der Waals surface area contributed by atoms with Crippen molar-refractivity contribution in [2.24, 2.45) is 0 Å². The lowest BCUT2D eigenvalue weighted by Gasteiger charge is -2.22. The maximum atomic E-state index is 13.5. The number of nitrogens with one attached hydrogen (secondary N) is 1. The second-order valence-corrected chi connectivity index (χ2v) is 12.4. The zero-order chi connectivity index (χ0) is 28.7. The molecule has 1 saturated heterocycles. The molecule has 1 fully saturated rings. The van der Waals surface area contributed by atoms with Crippen molar-refractivity contribution in [2.45, 2.75) is 50.5 Å². The van der Waals surface area contributed by atoms with Gasteiger partial charge in [0.2, 0.25) is 10.0 Å². The fourth-order valence-corrected chi connectivity index (χ4v) is 6.31. The van der Waals surface area contributed by atoms with Crippen LogP contribution in [-0.4, -0.2) is 54.1 Å². The zero-order valence-corrected chi connectivity index (χ0v) is 23.1. The molecule has 1 aliphatic rings. The van der Waals surface area contributed by atoms with Crippen molar-refractivity contribution in [3.8, 4) is 0 Å². The van der Waals surface area contributed by atoms with Gasteiger partial charge in [0.05, 0.1) is 16.7 Å². The number of fused-ring (bicyclic) bond motifs is 2. The van der Waals surface area contributed by atoms with E-state index in [1.807, 2.05) is 0 Å². The van der Waals surface area contributed by atoms with E-state index in [0.29, 0.717) is 17.6 Å². The third kappa shape index (κ3) is 5.58. The van der Waals surface area contributed by atoms with E-state index >= 15 is 0 Å². The van der Waals surface area contributed by atoms with Crippen LogP contribution in [0.1, 0.15) is 37.6 Å².